The number of hydrogen-bond donors (Lipinski definition) is 1. The first kappa shape index (κ1) is 15.9. The molecule has 116 valence electrons. The van der Waals surface area contributed by atoms with Crippen LogP contribution in [-0.2, 0) is 14.8 Å². The lowest BCUT2D eigenvalue weighted by Gasteiger charge is -2.30. The van der Waals surface area contributed by atoms with E-state index in [9.17, 15) is 13.2 Å². The van der Waals surface area contributed by atoms with Gasteiger partial charge in [0.1, 0.15) is 0 Å². The van der Waals surface area contributed by atoms with Crippen molar-refractivity contribution in [1.29, 1.82) is 0 Å². The van der Waals surface area contributed by atoms with Crippen LogP contribution in [0.3, 0.4) is 0 Å². The Morgan fingerprint density at radius 3 is 2.57 bits per heavy atom. The molecule has 2 rings (SSSR count). The molecule has 1 saturated heterocycles. The average molecular weight is 311 g/mol. The van der Waals surface area contributed by atoms with E-state index < -0.39 is 10.0 Å². The van der Waals surface area contributed by atoms with E-state index >= 15 is 0 Å². The van der Waals surface area contributed by atoms with E-state index in [1.165, 1.54) is 10.6 Å². The van der Waals surface area contributed by atoms with Gasteiger partial charge in [-0.25, -0.2) is 12.7 Å². The molecule has 7 heteroatoms. The Hall–Kier alpha value is -1.47. The summed E-state index contributed by atoms with van der Waals surface area (Å²) in [6, 6.07) is 5.44. The molecular formula is C14H21N3O3S. The van der Waals surface area contributed by atoms with Crippen molar-refractivity contribution in [2.24, 2.45) is 5.92 Å². The molecule has 1 fully saturated rings. The fraction of sp³-hybridized carbons (Fsp3) is 0.571. The number of piperidine rings is 1. The van der Waals surface area contributed by atoms with Crippen molar-refractivity contribution in [3.8, 4) is 0 Å². The summed E-state index contributed by atoms with van der Waals surface area (Å²) < 4.78 is 24.3. The average Bonchev–Trinajstić information content (AvgIpc) is 2.47. The standard InChI is InChI=1S/C14H21N3O3S/c1-11(13-5-3-4-8-15-13)16-14(18)12-6-9-17(10-7-12)21(2,19)20/h3-5,8,11-12H,6-7,9-10H2,1-2H3,(H,16,18)/t11-/m0/s1. The van der Waals surface area contributed by atoms with E-state index in [2.05, 4.69) is 10.3 Å². The van der Waals surface area contributed by atoms with Crippen molar-refractivity contribution in [2.45, 2.75) is 25.8 Å². The molecule has 1 aromatic rings. The second-order valence-corrected chi connectivity index (χ2v) is 7.40. The molecule has 1 amide bonds. The van der Waals surface area contributed by atoms with Gasteiger partial charge in [-0.15, -0.1) is 0 Å². The van der Waals surface area contributed by atoms with Crippen LogP contribution in [0.1, 0.15) is 31.5 Å². The van der Waals surface area contributed by atoms with Crippen molar-refractivity contribution in [2.75, 3.05) is 19.3 Å². The van der Waals surface area contributed by atoms with Gasteiger partial charge in [0.05, 0.1) is 18.0 Å². The number of pyridine rings is 1. The molecule has 0 radical (unpaired) electrons. The summed E-state index contributed by atoms with van der Waals surface area (Å²) in [6.07, 6.45) is 4.03. The van der Waals surface area contributed by atoms with Crippen LogP contribution in [0.2, 0.25) is 0 Å². The lowest BCUT2D eigenvalue weighted by atomic mass is 9.97. The quantitative estimate of drug-likeness (QED) is 0.897. The Bertz CT molecular complexity index is 581. The maximum absolute atomic E-state index is 12.2. The SMILES string of the molecule is C[C@H](NC(=O)C1CCN(S(C)(=O)=O)CC1)c1ccccn1. The highest BCUT2D eigenvalue weighted by Gasteiger charge is 2.29. The maximum Gasteiger partial charge on any atom is 0.223 e. The smallest absolute Gasteiger partial charge is 0.223 e. The van der Waals surface area contributed by atoms with Gasteiger partial charge in [0.15, 0.2) is 0 Å². The molecule has 21 heavy (non-hydrogen) atoms. The second kappa shape index (κ2) is 6.53. The molecule has 1 aromatic heterocycles. The number of carbonyl (C=O) groups is 1. The minimum Gasteiger partial charge on any atom is -0.348 e. The molecule has 0 bridgehead atoms. The summed E-state index contributed by atoms with van der Waals surface area (Å²) in [5, 5.41) is 2.95. The highest BCUT2D eigenvalue weighted by atomic mass is 32.2. The predicted molar refractivity (Wildman–Crippen MR) is 79.9 cm³/mol. The number of carbonyl (C=O) groups excluding carboxylic acids is 1. The van der Waals surface area contributed by atoms with Crippen LogP contribution in [0, 0.1) is 5.92 Å². The monoisotopic (exact) mass is 311 g/mol. The molecule has 0 saturated carbocycles. The zero-order chi connectivity index (χ0) is 15.5. The van der Waals surface area contributed by atoms with E-state index in [0.717, 1.165) is 5.69 Å². The first-order valence-electron chi connectivity index (χ1n) is 7.04. The third kappa shape index (κ3) is 4.25. The summed E-state index contributed by atoms with van der Waals surface area (Å²) in [6.45, 7) is 2.72. The minimum absolute atomic E-state index is 0.0266. The molecular weight excluding hydrogens is 290 g/mol. The minimum atomic E-state index is -3.15. The molecule has 0 aliphatic carbocycles. The van der Waals surface area contributed by atoms with Gasteiger partial charge in [-0.1, -0.05) is 6.07 Å². The number of aromatic nitrogens is 1. The molecule has 1 N–H and O–H groups in total. The number of nitrogens with one attached hydrogen (secondary N) is 1. The molecule has 0 spiro atoms. The van der Waals surface area contributed by atoms with Crippen LogP contribution in [-0.4, -0.2) is 43.0 Å². The Morgan fingerprint density at radius 1 is 1.38 bits per heavy atom. The van der Waals surface area contributed by atoms with Crippen LogP contribution in [0.25, 0.3) is 0 Å². The number of nitrogens with zero attached hydrogens (tertiary/aromatic N) is 2. The zero-order valence-corrected chi connectivity index (χ0v) is 13.1. The lowest BCUT2D eigenvalue weighted by Crippen LogP contribution is -2.43. The second-order valence-electron chi connectivity index (χ2n) is 5.42. The van der Waals surface area contributed by atoms with E-state index in [1.54, 1.807) is 6.20 Å². The molecule has 0 aromatic carbocycles. The van der Waals surface area contributed by atoms with Gasteiger partial charge in [-0.05, 0) is 31.9 Å². The van der Waals surface area contributed by atoms with Crippen molar-refractivity contribution in [3.63, 3.8) is 0 Å². The van der Waals surface area contributed by atoms with Crippen molar-refractivity contribution in [3.05, 3.63) is 30.1 Å². The van der Waals surface area contributed by atoms with E-state index in [-0.39, 0.29) is 17.9 Å². The van der Waals surface area contributed by atoms with E-state index in [1.807, 2.05) is 25.1 Å². The van der Waals surface area contributed by atoms with Crippen molar-refractivity contribution in [1.82, 2.24) is 14.6 Å². The highest BCUT2D eigenvalue weighted by Crippen LogP contribution is 2.20. The van der Waals surface area contributed by atoms with Gasteiger partial charge in [0.2, 0.25) is 15.9 Å². The van der Waals surface area contributed by atoms with Gasteiger partial charge in [-0.3, -0.25) is 9.78 Å². The van der Waals surface area contributed by atoms with E-state index in [4.69, 9.17) is 0 Å². The molecule has 1 atom stereocenters. The Morgan fingerprint density at radius 2 is 2.05 bits per heavy atom. The van der Waals surface area contributed by atoms with Crippen molar-refractivity contribution >= 4 is 15.9 Å². The first-order chi connectivity index (χ1) is 9.88. The third-order valence-corrected chi connectivity index (χ3v) is 5.09. The fourth-order valence-corrected chi connectivity index (χ4v) is 3.36. The van der Waals surface area contributed by atoms with Gasteiger partial charge in [0, 0.05) is 25.2 Å². The third-order valence-electron chi connectivity index (χ3n) is 3.78. The summed E-state index contributed by atoms with van der Waals surface area (Å²) >= 11 is 0. The molecule has 2 heterocycles. The zero-order valence-electron chi connectivity index (χ0n) is 12.3. The normalized spacial score (nSPS) is 19.1. The predicted octanol–water partition coefficient (Wildman–Crippen LogP) is 0.930. The van der Waals surface area contributed by atoms with Crippen LogP contribution in [0.4, 0.5) is 0 Å². The topological polar surface area (TPSA) is 79.4 Å². The van der Waals surface area contributed by atoms with Gasteiger partial charge in [-0.2, -0.15) is 0 Å². The van der Waals surface area contributed by atoms with E-state index in [0.29, 0.717) is 25.9 Å². The van der Waals surface area contributed by atoms with Gasteiger partial charge < -0.3 is 5.32 Å². The Labute approximate surface area is 125 Å². The summed E-state index contributed by atoms with van der Waals surface area (Å²) in [7, 11) is -3.15. The maximum atomic E-state index is 12.2. The number of rotatable bonds is 4. The van der Waals surface area contributed by atoms with Crippen LogP contribution in [0.15, 0.2) is 24.4 Å². The summed E-state index contributed by atoms with van der Waals surface area (Å²) in [5.74, 6) is -0.157. The van der Waals surface area contributed by atoms with Gasteiger partial charge in [0.25, 0.3) is 0 Å². The molecule has 0 unspecified atom stereocenters. The van der Waals surface area contributed by atoms with Crippen LogP contribution in [0.5, 0.6) is 0 Å². The summed E-state index contributed by atoms with van der Waals surface area (Å²) in [4.78, 5) is 16.5. The van der Waals surface area contributed by atoms with Crippen LogP contribution < -0.4 is 5.32 Å². The Kier molecular flexibility index (Phi) is 4.95. The van der Waals surface area contributed by atoms with Crippen LogP contribution >= 0.6 is 0 Å². The van der Waals surface area contributed by atoms with Gasteiger partial charge >= 0.3 is 0 Å². The lowest BCUT2D eigenvalue weighted by molar-refractivity contribution is -0.126. The number of sulfonamides is 1. The number of amides is 1. The molecule has 1 aliphatic rings. The molecule has 1 aliphatic heterocycles. The molecule has 6 nitrogen and oxygen atoms in total. The number of hydrogen-bond acceptors (Lipinski definition) is 4. The highest BCUT2D eigenvalue weighted by molar-refractivity contribution is 7.88. The van der Waals surface area contributed by atoms with Crippen molar-refractivity contribution < 1.29 is 13.2 Å². The fourth-order valence-electron chi connectivity index (χ4n) is 2.49. The Balaban J connectivity index is 1.88. The summed E-state index contributed by atoms with van der Waals surface area (Å²) in [5.41, 5.74) is 0.819. The largest absolute Gasteiger partial charge is 0.348 e. The first-order valence-corrected chi connectivity index (χ1v) is 8.89.